The van der Waals surface area contributed by atoms with Crippen LogP contribution in [0.2, 0.25) is 0 Å². The van der Waals surface area contributed by atoms with Crippen molar-refractivity contribution in [3.63, 3.8) is 0 Å². The minimum atomic E-state index is -0.594. The number of carbonyl (C=O) groups excluding carboxylic acids is 3. The van der Waals surface area contributed by atoms with Crippen molar-refractivity contribution >= 4 is 23.9 Å². The quantitative estimate of drug-likeness (QED) is 0.221. The number of hydrogen-bond donors (Lipinski definition) is 1. The molecular formula is C14H15NO4Pd. The van der Waals surface area contributed by atoms with E-state index < -0.39 is 11.9 Å². The van der Waals surface area contributed by atoms with Gasteiger partial charge in [-0.3, -0.25) is 9.59 Å². The fraction of sp³-hybridized carbons (Fsp3) is 0.143. The standard InChI is InChI=1S/C13H12NO4.CH3.Pd/c1-9(18-10(2)16)7-13(17)14-12-6-4-3-5-11(12)8-15;;/h3-6,8H,1-2H3,(H,14,17);1H3;/q2*-1;+2. The summed E-state index contributed by atoms with van der Waals surface area (Å²) < 4.78 is 4.65. The van der Waals surface area contributed by atoms with Crippen LogP contribution in [0.25, 0.3) is 0 Å². The molecule has 0 aromatic heterocycles. The number of hydrogen-bond acceptors (Lipinski definition) is 4. The van der Waals surface area contributed by atoms with E-state index in [1.807, 2.05) is 0 Å². The summed E-state index contributed by atoms with van der Waals surface area (Å²) in [5.74, 6) is -1.06. The van der Waals surface area contributed by atoms with Gasteiger partial charge in [0.25, 0.3) is 0 Å². The van der Waals surface area contributed by atoms with Gasteiger partial charge in [-0.2, -0.15) is 0 Å². The summed E-state index contributed by atoms with van der Waals surface area (Å²) in [7, 11) is 0. The fourth-order valence-corrected chi connectivity index (χ4v) is 1.27. The van der Waals surface area contributed by atoms with Crippen molar-refractivity contribution in [3.8, 4) is 0 Å². The molecule has 110 valence electrons. The molecule has 0 fully saturated rings. The van der Waals surface area contributed by atoms with Crippen LogP contribution in [-0.2, 0) is 34.7 Å². The molecule has 0 bridgehead atoms. The molecule has 0 saturated heterocycles. The third-order valence-electron chi connectivity index (χ3n) is 1.92. The van der Waals surface area contributed by atoms with Gasteiger partial charge in [-0.1, -0.05) is 17.9 Å². The second kappa shape index (κ2) is 10.1. The first-order chi connectivity index (χ1) is 8.52. The Balaban J connectivity index is 0. The minimum Gasteiger partial charge on any atom is -0.470 e. The van der Waals surface area contributed by atoms with Crippen LogP contribution >= 0.6 is 0 Å². The summed E-state index contributed by atoms with van der Waals surface area (Å²) in [5, 5.41) is 2.47. The molecule has 1 amide bonds. The molecule has 20 heavy (non-hydrogen) atoms. The Labute approximate surface area is 132 Å². The zero-order chi connectivity index (χ0) is 13.5. The van der Waals surface area contributed by atoms with E-state index in [1.165, 1.54) is 13.8 Å². The van der Waals surface area contributed by atoms with Crippen molar-refractivity contribution < 1.29 is 39.5 Å². The second-order valence-electron chi connectivity index (χ2n) is 3.43. The van der Waals surface area contributed by atoms with E-state index in [1.54, 1.807) is 24.3 Å². The Kier molecular flexibility index (Phi) is 10.3. The molecule has 0 heterocycles. The molecular weight excluding hydrogens is 353 g/mol. The minimum absolute atomic E-state index is 0. The van der Waals surface area contributed by atoms with E-state index in [0.29, 0.717) is 17.5 Å². The molecule has 0 aliphatic rings. The van der Waals surface area contributed by atoms with Crippen LogP contribution < -0.4 is 5.32 Å². The van der Waals surface area contributed by atoms with E-state index in [2.05, 4.69) is 16.1 Å². The number of nitrogens with one attached hydrogen (secondary N) is 1. The predicted molar refractivity (Wildman–Crippen MR) is 71.1 cm³/mol. The van der Waals surface area contributed by atoms with Gasteiger partial charge >= 0.3 is 26.4 Å². The number of amides is 1. The van der Waals surface area contributed by atoms with Gasteiger partial charge in [-0.15, -0.1) is 0 Å². The molecule has 0 spiro atoms. The molecule has 0 atom stereocenters. The Morgan fingerprint density at radius 2 is 1.85 bits per heavy atom. The fourth-order valence-electron chi connectivity index (χ4n) is 1.27. The summed E-state index contributed by atoms with van der Waals surface area (Å²) in [4.78, 5) is 32.9. The molecule has 0 unspecified atom stereocenters. The molecule has 0 aliphatic heterocycles. The number of benzene rings is 1. The van der Waals surface area contributed by atoms with Gasteiger partial charge in [0.1, 0.15) is 0 Å². The number of esters is 1. The van der Waals surface area contributed by atoms with E-state index in [-0.39, 0.29) is 33.6 Å². The Bertz CT molecular complexity index is 512. The molecule has 1 N–H and O–H groups in total. The molecule has 6 heteroatoms. The SMILES string of the molecule is CC(=O)OC(C)=[C-]C(=O)Nc1ccccc1C=O.[CH3-].[Pd+2]. The van der Waals surface area contributed by atoms with Gasteiger partial charge < -0.3 is 28.4 Å². The third-order valence-corrected chi connectivity index (χ3v) is 1.92. The van der Waals surface area contributed by atoms with Crippen LogP contribution in [0.15, 0.2) is 30.0 Å². The second-order valence-corrected chi connectivity index (χ2v) is 3.43. The average Bonchev–Trinajstić information content (AvgIpc) is 2.28. The van der Waals surface area contributed by atoms with E-state index in [0.717, 1.165) is 0 Å². The van der Waals surface area contributed by atoms with Crippen molar-refractivity contribution in [2.24, 2.45) is 0 Å². The van der Waals surface area contributed by atoms with E-state index in [4.69, 9.17) is 0 Å². The number of rotatable bonds is 4. The first-order valence-electron chi connectivity index (χ1n) is 5.17. The molecule has 0 aliphatic carbocycles. The zero-order valence-corrected chi connectivity index (χ0v) is 12.9. The van der Waals surface area contributed by atoms with Gasteiger partial charge in [0.05, 0.1) is 5.91 Å². The van der Waals surface area contributed by atoms with E-state index in [9.17, 15) is 14.4 Å². The van der Waals surface area contributed by atoms with E-state index >= 15 is 0 Å². The number of anilines is 1. The van der Waals surface area contributed by atoms with Crippen molar-refractivity contribution in [2.45, 2.75) is 13.8 Å². The third kappa shape index (κ3) is 6.98. The zero-order valence-electron chi connectivity index (χ0n) is 11.3. The Morgan fingerprint density at radius 3 is 2.40 bits per heavy atom. The predicted octanol–water partition coefficient (Wildman–Crippen LogP) is 2.16. The summed E-state index contributed by atoms with van der Waals surface area (Å²) in [6.45, 7) is 2.66. The number of aldehydes is 1. The first-order valence-corrected chi connectivity index (χ1v) is 5.17. The number of carbonyl (C=O) groups is 3. The van der Waals surface area contributed by atoms with Gasteiger partial charge in [-0.25, -0.2) is 0 Å². The molecule has 1 aromatic rings. The molecule has 1 aromatic carbocycles. The number of allylic oxidation sites excluding steroid dienone is 1. The van der Waals surface area contributed by atoms with Gasteiger partial charge in [0, 0.05) is 18.2 Å². The number of para-hydroxylation sites is 1. The van der Waals surface area contributed by atoms with Gasteiger partial charge in [0.15, 0.2) is 6.29 Å². The smallest absolute Gasteiger partial charge is 0.470 e. The van der Waals surface area contributed by atoms with Crippen molar-refractivity contribution in [1.82, 2.24) is 0 Å². The maximum Gasteiger partial charge on any atom is 2.00 e. The Hall–Kier alpha value is -1.77. The maximum atomic E-state index is 11.5. The monoisotopic (exact) mass is 367 g/mol. The Morgan fingerprint density at radius 1 is 1.25 bits per heavy atom. The van der Waals surface area contributed by atoms with Gasteiger partial charge in [0.2, 0.25) is 0 Å². The van der Waals surface area contributed by atoms with Gasteiger partial charge in [-0.05, 0) is 19.1 Å². The first kappa shape index (κ1) is 20.5. The average molecular weight is 368 g/mol. The molecule has 0 radical (unpaired) electrons. The van der Waals surface area contributed by atoms with Crippen LogP contribution in [0.5, 0.6) is 0 Å². The largest absolute Gasteiger partial charge is 2.00 e. The molecule has 0 saturated carbocycles. The van der Waals surface area contributed by atoms with Crippen molar-refractivity contribution in [3.05, 3.63) is 49.1 Å². The van der Waals surface area contributed by atoms with Crippen LogP contribution in [-0.4, -0.2) is 18.2 Å². The summed E-state index contributed by atoms with van der Waals surface area (Å²) in [5.41, 5.74) is 0.735. The molecule has 1 rings (SSSR count). The van der Waals surface area contributed by atoms with Crippen LogP contribution in [0.4, 0.5) is 5.69 Å². The maximum absolute atomic E-state index is 11.5. The number of ether oxygens (including phenoxy) is 1. The van der Waals surface area contributed by atoms with Crippen molar-refractivity contribution in [2.75, 3.05) is 5.32 Å². The molecule has 5 nitrogen and oxygen atoms in total. The summed E-state index contributed by atoms with van der Waals surface area (Å²) in [6.07, 6.45) is 2.96. The van der Waals surface area contributed by atoms with Crippen LogP contribution in [0.1, 0.15) is 24.2 Å². The van der Waals surface area contributed by atoms with Crippen LogP contribution in [0.3, 0.4) is 0 Å². The topological polar surface area (TPSA) is 72.5 Å². The van der Waals surface area contributed by atoms with Crippen molar-refractivity contribution in [1.29, 1.82) is 0 Å². The summed E-state index contributed by atoms with van der Waals surface area (Å²) >= 11 is 0. The normalized spacial score (nSPS) is 9.60. The summed E-state index contributed by atoms with van der Waals surface area (Å²) in [6, 6.07) is 6.53. The van der Waals surface area contributed by atoms with Crippen LogP contribution in [0, 0.1) is 13.5 Å².